The molecule has 0 saturated heterocycles. The third-order valence-electron chi connectivity index (χ3n) is 3.45. The molecule has 0 aliphatic carbocycles. The number of rotatable bonds is 7. The predicted octanol–water partition coefficient (Wildman–Crippen LogP) is 1.53. The number of benzene rings is 1. The van der Waals surface area contributed by atoms with Crippen LogP contribution in [0.4, 0.5) is 0 Å². The number of imidazole rings is 1. The molecule has 0 bridgehead atoms. The molecule has 0 amide bonds. The van der Waals surface area contributed by atoms with Gasteiger partial charge in [0.1, 0.15) is 11.6 Å². The number of ether oxygens (including phenoxy) is 1. The molecule has 0 aliphatic rings. The second-order valence-electron chi connectivity index (χ2n) is 4.75. The molecule has 2 aromatic rings. The number of aryl methyl sites for hydroxylation is 1. The van der Waals surface area contributed by atoms with Gasteiger partial charge in [0.05, 0.1) is 7.11 Å². The highest BCUT2D eigenvalue weighted by atomic mass is 16.5. The van der Waals surface area contributed by atoms with E-state index in [4.69, 9.17) is 10.6 Å². The van der Waals surface area contributed by atoms with E-state index in [1.165, 1.54) is 5.56 Å². The summed E-state index contributed by atoms with van der Waals surface area (Å²) in [6, 6.07) is 8.23. The highest BCUT2D eigenvalue weighted by Gasteiger charge is 2.12. The molecule has 1 atom stereocenters. The first-order valence-corrected chi connectivity index (χ1v) is 6.85. The lowest BCUT2D eigenvalue weighted by atomic mass is 10.0. The van der Waals surface area contributed by atoms with Crippen LogP contribution < -0.4 is 16.0 Å². The lowest BCUT2D eigenvalue weighted by Crippen LogP contribution is -2.39. The zero-order valence-electron chi connectivity index (χ0n) is 12.0. The van der Waals surface area contributed by atoms with Crippen LogP contribution in [0.25, 0.3) is 0 Å². The van der Waals surface area contributed by atoms with E-state index < -0.39 is 0 Å². The number of methoxy groups -OCH3 is 1. The number of nitrogens with two attached hydrogens (primary N) is 1. The van der Waals surface area contributed by atoms with E-state index in [0.717, 1.165) is 31.0 Å². The minimum Gasteiger partial charge on any atom is -0.497 e. The van der Waals surface area contributed by atoms with Gasteiger partial charge in [0.2, 0.25) is 0 Å². The zero-order chi connectivity index (χ0) is 14.4. The Kier molecular flexibility index (Phi) is 5.15. The average molecular weight is 274 g/mol. The molecule has 0 fully saturated rings. The van der Waals surface area contributed by atoms with Gasteiger partial charge in [-0.3, -0.25) is 11.3 Å². The number of aromatic nitrogens is 2. The fourth-order valence-corrected chi connectivity index (χ4v) is 2.27. The van der Waals surface area contributed by atoms with Crippen LogP contribution in [0.2, 0.25) is 0 Å². The van der Waals surface area contributed by atoms with E-state index in [9.17, 15) is 0 Å². The summed E-state index contributed by atoms with van der Waals surface area (Å²) in [5.41, 5.74) is 4.11. The summed E-state index contributed by atoms with van der Waals surface area (Å²) in [7, 11) is 1.67. The van der Waals surface area contributed by atoms with Crippen LogP contribution in [0.1, 0.15) is 18.3 Å². The Morgan fingerprint density at radius 2 is 2.05 bits per heavy atom. The third-order valence-corrected chi connectivity index (χ3v) is 3.45. The van der Waals surface area contributed by atoms with Crippen LogP contribution in [0, 0.1) is 0 Å². The minimum absolute atomic E-state index is 0.163. The van der Waals surface area contributed by atoms with Gasteiger partial charge in [-0.2, -0.15) is 0 Å². The van der Waals surface area contributed by atoms with Crippen LogP contribution in [-0.2, 0) is 19.4 Å². The van der Waals surface area contributed by atoms with Gasteiger partial charge >= 0.3 is 0 Å². The van der Waals surface area contributed by atoms with Crippen LogP contribution >= 0.6 is 0 Å². The van der Waals surface area contributed by atoms with E-state index in [1.54, 1.807) is 7.11 Å². The average Bonchev–Trinajstić information content (AvgIpc) is 2.94. The molecular formula is C15H22N4O. The third kappa shape index (κ3) is 3.59. The van der Waals surface area contributed by atoms with Crippen LogP contribution in [0.3, 0.4) is 0 Å². The summed E-state index contributed by atoms with van der Waals surface area (Å²) in [5.74, 6) is 7.60. The highest BCUT2D eigenvalue weighted by molar-refractivity contribution is 5.27. The highest BCUT2D eigenvalue weighted by Crippen LogP contribution is 2.14. The van der Waals surface area contributed by atoms with Crippen molar-refractivity contribution in [3.63, 3.8) is 0 Å². The summed E-state index contributed by atoms with van der Waals surface area (Å²) in [5, 5.41) is 0. The van der Waals surface area contributed by atoms with Crippen molar-refractivity contribution in [1.82, 2.24) is 15.0 Å². The van der Waals surface area contributed by atoms with Gasteiger partial charge in [0, 0.05) is 31.4 Å². The zero-order valence-corrected chi connectivity index (χ0v) is 12.0. The molecule has 1 heterocycles. The molecule has 5 heteroatoms. The summed E-state index contributed by atoms with van der Waals surface area (Å²) in [4.78, 5) is 4.39. The maximum absolute atomic E-state index is 5.67. The lowest BCUT2D eigenvalue weighted by Gasteiger charge is -2.16. The van der Waals surface area contributed by atoms with Crippen molar-refractivity contribution < 1.29 is 4.74 Å². The molecule has 1 aromatic heterocycles. The standard InChI is InChI=1S/C15H22N4O/c1-3-19-9-8-17-15(19)11-13(18-16)10-12-4-6-14(20-2)7-5-12/h4-9,13,18H,3,10-11,16H2,1-2H3. The van der Waals surface area contributed by atoms with E-state index in [0.29, 0.717) is 0 Å². The molecule has 1 aromatic carbocycles. The Morgan fingerprint density at radius 1 is 1.30 bits per heavy atom. The van der Waals surface area contributed by atoms with Crippen molar-refractivity contribution in [2.75, 3.05) is 7.11 Å². The van der Waals surface area contributed by atoms with E-state index in [1.807, 2.05) is 24.5 Å². The second kappa shape index (κ2) is 7.07. The number of hydrogen-bond donors (Lipinski definition) is 2. The first-order valence-electron chi connectivity index (χ1n) is 6.85. The fourth-order valence-electron chi connectivity index (χ4n) is 2.27. The van der Waals surface area contributed by atoms with Gasteiger partial charge < -0.3 is 9.30 Å². The van der Waals surface area contributed by atoms with Crippen LogP contribution in [0.5, 0.6) is 5.75 Å². The predicted molar refractivity (Wildman–Crippen MR) is 79.4 cm³/mol. The maximum Gasteiger partial charge on any atom is 0.118 e. The van der Waals surface area contributed by atoms with Gasteiger partial charge in [-0.15, -0.1) is 0 Å². The van der Waals surface area contributed by atoms with Crippen molar-refractivity contribution in [2.24, 2.45) is 5.84 Å². The molecule has 3 N–H and O–H groups in total. The molecular weight excluding hydrogens is 252 g/mol. The topological polar surface area (TPSA) is 65.1 Å². The van der Waals surface area contributed by atoms with Gasteiger partial charge in [0.25, 0.3) is 0 Å². The van der Waals surface area contributed by atoms with Crippen molar-refractivity contribution in [2.45, 2.75) is 32.4 Å². The fraction of sp³-hybridized carbons (Fsp3) is 0.400. The largest absolute Gasteiger partial charge is 0.497 e. The maximum atomic E-state index is 5.67. The molecule has 0 aliphatic heterocycles. The van der Waals surface area contributed by atoms with E-state index in [-0.39, 0.29) is 6.04 Å². The Labute approximate surface area is 119 Å². The van der Waals surface area contributed by atoms with Gasteiger partial charge in [-0.05, 0) is 31.0 Å². The summed E-state index contributed by atoms with van der Waals surface area (Å²) in [6.07, 6.45) is 5.50. The lowest BCUT2D eigenvalue weighted by molar-refractivity contribution is 0.414. The van der Waals surface area contributed by atoms with E-state index in [2.05, 4.69) is 34.0 Å². The quantitative estimate of drug-likeness (QED) is 0.593. The molecule has 20 heavy (non-hydrogen) atoms. The Hall–Kier alpha value is -1.85. The van der Waals surface area contributed by atoms with Crippen molar-refractivity contribution in [3.05, 3.63) is 48.0 Å². The molecule has 108 valence electrons. The SMILES string of the molecule is CCn1ccnc1CC(Cc1ccc(OC)cc1)NN. The summed E-state index contributed by atoms with van der Waals surface area (Å²) >= 11 is 0. The van der Waals surface area contributed by atoms with Crippen LogP contribution in [0.15, 0.2) is 36.7 Å². The Morgan fingerprint density at radius 3 is 2.65 bits per heavy atom. The normalized spacial score (nSPS) is 12.3. The number of nitrogens with one attached hydrogen (secondary N) is 1. The van der Waals surface area contributed by atoms with Crippen LogP contribution in [-0.4, -0.2) is 22.7 Å². The minimum atomic E-state index is 0.163. The smallest absolute Gasteiger partial charge is 0.118 e. The Bertz CT molecular complexity index is 521. The van der Waals surface area contributed by atoms with Crippen molar-refractivity contribution in [3.8, 4) is 5.75 Å². The first kappa shape index (κ1) is 14.6. The summed E-state index contributed by atoms with van der Waals surface area (Å²) in [6.45, 7) is 3.04. The number of hydrogen-bond acceptors (Lipinski definition) is 4. The van der Waals surface area contributed by atoms with Gasteiger partial charge in [-0.1, -0.05) is 12.1 Å². The van der Waals surface area contributed by atoms with Crippen molar-refractivity contribution >= 4 is 0 Å². The molecule has 2 rings (SSSR count). The number of nitrogens with zero attached hydrogens (tertiary/aromatic N) is 2. The Balaban J connectivity index is 2.01. The van der Waals surface area contributed by atoms with Gasteiger partial charge in [-0.25, -0.2) is 4.98 Å². The van der Waals surface area contributed by atoms with E-state index >= 15 is 0 Å². The molecule has 1 unspecified atom stereocenters. The molecule has 0 spiro atoms. The molecule has 5 nitrogen and oxygen atoms in total. The first-order chi connectivity index (χ1) is 9.76. The summed E-state index contributed by atoms with van der Waals surface area (Å²) < 4.78 is 7.30. The molecule has 0 saturated carbocycles. The second-order valence-corrected chi connectivity index (χ2v) is 4.75. The molecule has 0 radical (unpaired) electrons. The van der Waals surface area contributed by atoms with Crippen molar-refractivity contribution in [1.29, 1.82) is 0 Å². The monoisotopic (exact) mass is 274 g/mol. The van der Waals surface area contributed by atoms with Gasteiger partial charge in [0.15, 0.2) is 0 Å². The number of hydrazine groups is 1.